The second-order valence-corrected chi connectivity index (χ2v) is 9.80. The van der Waals surface area contributed by atoms with Gasteiger partial charge in [0.1, 0.15) is 5.75 Å². The molecule has 0 N–H and O–H groups in total. The zero-order valence-corrected chi connectivity index (χ0v) is 24.1. The molecule has 1 atom stereocenters. The Kier molecular flexibility index (Phi) is 8.66. The minimum Gasteiger partial charge on any atom is -0.493 e. The molecule has 0 bridgehead atoms. The van der Waals surface area contributed by atoms with Crippen molar-refractivity contribution >= 4 is 35.0 Å². The molecule has 0 spiro atoms. The Morgan fingerprint density at radius 1 is 1.05 bits per heavy atom. The van der Waals surface area contributed by atoms with Crippen molar-refractivity contribution in [3.63, 3.8) is 0 Å². The molecule has 0 saturated carbocycles. The van der Waals surface area contributed by atoms with Gasteiger partial charge >= 0.3 is 5.97 Å². The zero-order chi connectivity index (χ0) is 28.3. The van der Waals surface area contributed by atoms with Crippen molar-refractivity contribution in [2.75, 3.05) is 34.5 Å². The molecule has 1 aromatic heterocycles. The fourth-order valence-corrected chi connectivity index (χ4v) is 5.69. The number of benzene rings is 2. The summed E-state index contributed by atoms with van der Waals surface area (Å²) in [5.41, 5.74) is 1.66. The lowest BCUT2D eigenvalue weighted by atomic mass is 9.95. The summed E-state index contributed by atoms with van der Waals surface area (Å²) in [5.74, 6) is 1.16. The third-order valence-electron chi connectivity index (χ3n) is 6.07. The maximum absolute atomic E-state index is 13.9. The topological polar surface area (TPSA) is 97.6 Å². The number of carbonyl (C=O) groups is 1. The number of hydrogen-bond acceptors (Lipinski definition) is 9. The first-order chi connectivity index (χ1) is 18.8. The minimum atomic E-state index is -0.847. The van der Waals surface area contributed by atoms with Crippen LogP contribution in [0.1, 0.15) is 37.9 Å². The number of ether oxygens (including phenoxy) is 5. The second-order valence-electron chi connectivity index (χ2n) is 8.38. The van der Waals surface area contributed by atoms with Crippen LogP contribution in [0.4, 0.5) is 0 Å². The van der Waals surface area contributed by atoms with Crippen LogP contribution in [0.25, 0.3) is 6.08 Å². The molecule has 0 fully saturated rings. The first-order valence-corrected chi connectivity index (χ1v) is 13.4. The average Bonchev–Trinajstić information content (AvgIpc) is 3.22. The molecule has 0 amide bonds. The highest BCUT2D eigenvalue weighted by molar-refractivity contribution is 7.07. The summed E-state index contributed by atoms with van der Waals surface area (Å²) >= 11 is 7.58. The summed E-state index contributed by atoms with van der Waals surface area (Å²) in [7, 11) is 4.51. The summed E-state index contributed by atoms with van der Waals surface area (Å²) in [6.07, 6.45) is 1.74. The van der Waals surface area contributed by atoms with Gasteiger partial charge < -0.3 is 23.7 Å². The molecule has 9 nitrogen and oxygen atoms in total. The molecule has 0 saturated heterocycles. The number of thiazole rings is 1. The molecule has 4 rings (SSSR count). The third kappa shape index (κ3) is 5.39. The normalized spacial score (nSPS) is 14.9. The standard InChI is InChI=1S/C28H29ClN2O7S/c1-7-37-19-10-9-16(11-18(19)29)12-22-26(32)31-24(17-13-20(34-4)25(36-6)21(14-17)35-5)23(27(33)38-8-2)15(3)30-28(31)39-22/h9-14,24H,7-8H2,1-6H3/b22-12-/t24-/m0/s1. The number of allylic oxidation sites excluding steroid dienone is 1. The van der Waals surface area contributed by atoms with Crippen LogP contribution >= 0.6 is 22.9 Å². The molecule has 2 heterocycles. The highest BCUT2D eigenvalue weighted by Gasteiger charge is 2.34. The monoisotopic (exact) mass is 572 g/mol. The first-order valence-electron chi connectivity index (χ1n) is 12.2. The summed E-state index contributed by atoms with van der Waals surface area (Å²) in [4.78, 5) is 32.1. The lowest BCUT2D eigenvalue weighted by molar-refractivity contribution is -0.139. The minimum absolute atomic E-state index is 0.167. The van der Waals surface area contributed by atoms with Crippen LogP contribution in [-0.4, -0.2) is 45.1 Å². The molecule has 3 aromatic rings. The molecular weight excluding hydrogens is 544 g/mol. The quantitative estimate of drug-likeness (QED) is 0.359. The van der Waals surface area contributed by atoms with Crippen molar-refractivity contribution in [3.8, 4) is 23.0 Å². The molecule has 2 aromatic carbocycles. The zero-order valence-electron chi connectivity index (χ0n) is 22.5. The summed E-state index contributed by atoms with van der Waals surface area (Å²) in [5, 5.41) is 0.439. The lowest BCUT2D eigenvalue weighted by Gasteiger charge is -2.26. The van der Waals surface area contributed by atoms with Gasteiger partial charge in [0.2, 0.25) is 5.75 Å². The Hall–Kier alpha value is -3.76. The third-order valence-corrected chi connectivity index (χ3v) is 7.35. The number of hydrogen-bond donors (Lipinski definition) is 0. The van der Waals surface area contributed by atoms with Crippen molar-refractivity contribution < 1.29 is 28.5 Å². The van der Waals surface area contributed by atoms with Crippen LogP contribution in [0.15, 0.2) is 51.4 Å². The number of methoxy groups -OCH3 is 3. The lowest BCUT2D eigenvalue weighted by Crippen LogP contribution is -2.40. The van der Waals surface area contributed by atoms with E-state index in [-0.39, 0.29) is 17.7 Å². The fraction of sp³-hybridized carbons (Fsp3) is 0.321. The number of rotatable bonds is 9. The molecule has 0 aliphatic carbocycles. The van der Waals surface area contributed by atoms with Crippen LogP contribution in [0.2, 0.25) is 5.02 Å². The van der Waals surface area contributed by atoms with Crippen molar-refractivity contribution in [3.05, 3.63) is 77.4 Å². The summed E-state index contributed by atoms with van der Waals surface area (Å²) in [6.45, 7) is 5.98. The van der Waals surface area contributed by atoms with Crippen LogP contribution in [0, 0.1) is 0 Å². The summed E-state index contributed by atoms with van der Waals surface area (Å²) < 4.78 is 29.4. The van der Waals surface area contributed by atoms with Crippen LogP contribution in [-0.2, 0) is 9.53 Å². The highest BCUT2D eigenvalue weighted by atomic mass is 35.5. The van der Waals surface area contributed by atoms with Crippen LogP contribution in [0.3, 0.4) is 0 Å². The van der Waals surface area contributed by atoms with E-state index >= 15 is 0 Å². The van der Waals surface area contributed by atoms with E-state index in [1.54, 1.807) is 44.2 Å². The van der Waals surface area contributed by atoms with Gasteiger partial charge in [0, 0.05) is 0 Å². The Labute approximate surface area is 234 Å². The van der Waals surface area contributed by atoms with Gasteiger partial charge in [-0.1, -0.05) is 29.0 Å². The summed E-state index contributed by atoms with van der Waals surface area (Å²) in [6, 6.07) is 7.90. The first kappa shape index (κ1) is 28.3. The van der Waals surface area contributed by atoms with Gasteiger partial charge in [-0.15, -0.1) is 0 Å². The van der Waals surface area contributed by atoms with Crippen molar-refractivity contribution in [1.82, 2.24) is 4.57 Å². The van der Waals surface area contributed by atoms with E-state index in [0.717, 1.165) is 5.56 Å². The van der Waals surface area contributed by atoms with Gasteiger partial charge in [-0.3, -0.25) is 9.36 Å². The van der Waals surface area contributed by atoms with E-state index in [1.165, 1.54) is 37.2 Å². The smallest absolute Gasteiger partial charge is 0.338 e. The van der Waals surface area contributed by atoms with Gasteiger partial charge in [-0.25, -0.2) is 9.79 Å². The van der Waals surface area contributed by atoms with Gasteiger partial charge in [0.05, 0.1) is 61.4 Å². The predicted molar refractivity (Wildman–Crippen MR) is 149 cm³/mol. The van der Waals surface area contributed by atoms with E-state index in [2.05, 4.69) is 4.99 Å². The number of nitrogens with zero attached hydrogens (tertiary/aromatic N) is 2. The fourth-order valence-electron chi connectivity index (χ4n) is 4.40. The van der Waals surface area contributed by atoms with Gasteiger partial charge in [0.25, 0.3) is 5.56 Å². The van der Waals surface area contributed by atoms with Gasteiger partial charge in [0.15, 0.2) is 16.3 Å². The predicted octanol–water partition coefficient (Wildman–Crippen LogP) is 3.88. The molecule has 206 valence electrons. The number of carbonyl (C=O) groups excluding carboxylic acids is 1. The van der Waals surface area contributed by atoms with Crippen LogP contribution < -0.4 is 33.8 Å². The molecule has 0 radical (unpaired) electrons. The van der Waals surface area contributed by atoms with Crippen LogP contribution in [0.5, 0.6) is 23.0 Å². The molecule has 0 unspecified atom stereocenters. The van der Waals surface area contributed by atoms with Gasteiger partial charge in [-0.05, 0) is 62.2 Å². The average molecular weight is 573 g/mol. The molecule has 1 aliphatic heterocycles. The Bertz CT molecular complexity index is 1600. The maximum Gasteiger partial charge on any atom is 0.338 e. The van der Waals surface area contributed by atoms with Crippen molar-refractivity contribution in [1.29, 1.82) is 0 Å². The Morgan fingerprint density at radius 2 is 1.74 bits per heavy atom. The number of halogens is 1. The van der Waals surface area contributed by atoms with E-state index in [1.807, 2.05) is 13.0 Å². The number of aromatic nitrogens is 1. The van der Waals surface area contributed by atoms with E-state index < -0.39 is 12.0 Å². The van der Waals surface area contributed by atoms with E-state index in [0.29, 0.717) is 55.2 Å². The molecule has 1 aliphatic rings. The molecule has 11 heteroatoms. The second kappa shape index (κ2) is 12.0. The highest BCUT2D eigenvalue weighted by Crippen LogP contribution is 2.42. The molecule has 39 heavy (non-hydrogen) atoms. The van der Waals surface area contributed by atoms with E-state index in [9.17, 15) is 9.59 Å². The Balaban J connectivity index is 1.97. The molecular formula is C28H29ClN2O7S. The SMILES string of the molecule is CCOC(=O)C1=C(C)N=c2s/c(=C\c3ccc(OCC)c(Cl)c3)c(=O)n2[C@H]1c1cc(OC)c(OC)c(OC)c1. The maximum atomic E-state index is 13.9. The van der Waals surface area contributed by atoms with Gasteiger partial charge in [-0.2, -0.15) is 0 Å². The number of esters is 1. The van der Waals surface area contributed by atoms with Crippen molar-refractivity contribution in [2.24, 2.45) is 4.99 Å². The van der Waals surface area contributed by atoms with Crippen molar-refractivity contribution in [2.45, 2.75) is 26.8 Å². The van der Waals surface area contributed by atoms with E-state index in [4.69, 9.17) is 35.3 Å². The number of fused-ring (bicyclic) bond motifs is 1. The Morgan fingerprint density at radius 3 is 2.31 bits per heavy atom. The largest absolute Gasteiger partial charge is 0.493 e.